The van der Waals surface area contributed by atoms with Gasteiger partial charge in [0.05, 0.1) is 18.6 Å². The van der Waals surface area contributed by atoms with Gasteiger partial charge >= 0.3 is 0 Å². The van der Waals surface area contributed by atoms with Crippen molar-refractivity contribution in [1.29, 1.82) is 0 Å². The van der Waals surface area contributed by atoms with Crippen LogP contribution in [0.2, 0.25) is 0 Å². The normalized spacial score (nSPS) is 21.1. The average Bonchev–Trinajstić information content (AvgIpc) is 3.43. The Kier molecular flexibility index (Phi) is 4.82. The van der Waals surface area contributed by atoms with E-state index >= 15 is 0 Å². The smallest absolute Gasteiger partial charge is 0.255 e. The van der Waals surface area contributed by atoms with E-state index in [1.807, 2.05) is 4.90 Å². The first-order valence-electron chi connectivity index (χ1n) is 9.26. The third-order valence-electron chi connectivity index (χ3n) is 5.78. The van der Waals surface area contributed by atoms with Crippen molar-refractivity contribution in [3.05, 3.63) is 35.6 Å². The van der Waals surface area contributed by atoms with Gasteiger partial charge in [-0.1, -0.05) is 18.0 Å². The number of hydrogen-bond donors (Lipinski definition) is 0. The van der Waals surface area contributed by atoms with Crippen LogP contribution < -0.4 is 4.74 Å². The number of hydrogen-bond acceptors (Lipinski definition) is 7. The summed E-state index contributed by atoms with van der Waals surface area (Å²) in [5, 5.41) is 4.01. The molecule has 8 heteroatoms. The van der Waals surface area contributed by atoms with Crippen molar-refractivity contribution in [2.45, 2.75) is 38.2 Å². The minimum atomic E-state index is -0.0180. The predicted octanol–water partition coefficient (Wildman–Crippen LogP) is 2.42. The van der Waals surface area contributed by atoms with Crippen LogP contribution in [-0.4, -0.2) is 53.2 Å². The lowest BCUT2D eigenvalue weighted by atomic mass is 9.76. The number of amides is 1. The maximum Gasteiger partial charge on any atom is 0.255 e. The van der Waals surface area contributed by atoms with Crippen LogP contribution in [0.25, 0.3) is 0 Å². The molecule has 0 radical (unpaired) electrons. The van der Waals surface area contributed by atoms with Gasteiger partial charge in [-0.2, -0.15) is 4.98 Å². The molecule has 2 aromatic heterocycles. The summed E-state index contributed by atoms with van der Waals surface area (Å²) in [6.07, 6.45) is 6.05. The van der Waals surface area contributed by atoms with Crippen molar-refractivity contribution in [3.63, 3.8) is 0 Å². The van der Waals surface area contributed by atoms with E-state index in [0.29, 0.717) is 42.9 Å². The molecule has 1 atom stereocenters. The fraction of sp³-hybridized carbons (Fsp3) is 0.579. The fourth-order valence-electron chi connectivity index (χ4n) is 4.46. The third kappa shape index (κ3) is 3.29. The fourth-order valence-corrected chi connectivity index (χ4v) is 4.46. The SMILES string of the molecule is COCc1noc(C2CN(C(=O)c3ccc(OC)nc3)CC23CCCC3)n1. The molecule has 144 valence electrons. The van der Waals surface area contributed by atoms with Crippen molar-refractivity contribution >= 4 is 5.91 Å². The van der Waals surface area contributed by atoms with Gasteiger partial charge in [0.2, 0.25) is 11.8 Å². The molecule has 1 aliphatic carbocycles. The van der Waals surface area contributed by atoms with Gasteiger partial charge in [-0.15, -0.1) is 0 Å². The van der Waals surface area contributed by atoms with Gasteiger partial charge in [0.1, 0.15) is 6.61 Å². The third-order valence-corrected chi connectivity index (χ3v) is 5.78. The summed E-state index contributed by atoms with van der Waals surface area (Å²) in [7, 11) is 3.16. The molecule has 2 aromatic rings. The summed E-state index contributed by atoms with van der Waals surface area (Å²) in [5.41, 5.74) is 0.585. The number of likely N-dealkylation sites (tertiary alicyclic amines) is 1. The molecule has 1 aliphatic heterocycles. The average molecular weight is 372 g/mol. The zero-order chi connectivity index (χ0) is 18.9. The predicted molar refractivity (Wildman–Crippen MR) is 95.3 cm³/mol. The lowest BCUT2D eigenvalue weighted by Gasteiger charge is -2.27. The summed E-state index contributed by atoms with van der Waals surface area (Å²) in [6, 6.07) is 3.47. The van der Waals surface area contributed by atoms with Gasteiger partial charge in [-0.25, -0.2) is 4.98 Å². The second-order valence-electron chi connectivity index (χ2n) is 7.38. The Morgan fingerprint density at radius 1 is 1.33 bits per heavy atom. The number of carbonyl (C=O) groups excluding carboxylic acids is 1. The first kappa shape index (κ1) is 17.9. The quantitative estimate of drug-likeness (QED) is 0.796. The Morgan fingerprint density at radius 3 is 2.81 bits per heavy atom. The number of nitrogens with zero attached hydrogens (tertiary/aromatic N) is 4. The zero-order valence-corrected chi connectivity index (χ0v) is 15.7. The number of methoxy groups -OCH3 is 2. The summed E-state index contributed by atoms with van der Waals surface area (Å²) in [4.78, 5) is 23.6. The largest absolute Gasteiger partial charge is 0.481 e. The minimum Gasteiger partial charge on any atom is -0.481 e. The Bertz CT molecular complexity index is 798. The Balaban J connectivity index is 1.57. The topological polar surface area (TPSA) is 90.6 Å². The van der Waals surface area contributed by atoms with Crippen LogP contribution >= 0.6 is 0 Å². The van der Waals surface area contributed by atoms with Crippen molar-refractivity contribution < 1.29 is 18.8 Å². The lowest BCUT2D eigenvalue weighted by Crippen LogP contribution is -2.31. The van der Waals surface area contributed by atoms with Crippen molar-refractivity contribution in [1.82, 2.24) is 20.0 Å². The Morgan fingerprint density at radius 2 is 2.15 bits per heavy atom. The summed E-state index contributed by atoms with van der Waals surface area (Å²) in [5.74, 6) is 1.70. The molecule has 1 amide bonds. The van der Waals surface area contributed by atoms with Gasteiger partial charge < -0.3 is 18.9 Å². The number of pyridine rings is 1. The van der Waals surface area contributed by atoms with Crippen molar-refractivity contribution in [2.24, 2.45) is 5.41 Å². The Hall–Kier alpha value is -2.48. The van der Waals surface area contributed by atoms with Gasteiger partial charge in [0.15, 0.2) is 5.82 Å². The van der Waals surface area contributed by atoms with E-state index in [9.17, 15) is 4.79 Å². The highest BCUT2D eigenvalue weighted by Gasteiger charge is 2.52. The first-order valence-corrected chi connectivity index (χ1v) is 9.26. The van der Waals surface area contributed by atoms with Crippen LogP contribution in [0.15, 0.2) is 22.9 Å². The molecule has 1 unspecified atom stereocenters. The van der Waals surface area contributed by atoms with E-state index in [2.05, 4.69) is 15.1 Å². The van der Waals surface area contributed by atoms with E-state index in [-0.39, 0.29) is 17.2 Å². The highest BCUT2D eigenvalue weighted by Crippen LogP contribution is 2.53. The van der Waals surface area contributed by atoms with Gasteiger partial charge in [-0.05, 0) is 18.9 Å². The van der Waals surface area contributed by atoms with E-state index in [1.54, 1.807) is 32.5 Å². The van der Waals surface area contributed by atoms with Crippen LogP contribution in [0.1, 0.15) is 53.7 Å². The molecule has 1 saturated carbocycles. The standard InChI is InChI=1S/C19H24N4O4/c1-25-11-15-21-17(27-22-15)14-10-23(12-19(14)7-3-4-8-19)18(24)13-5-6-16(26-2)20-9-13/h5-6,9,14H,3-4,7-8,10-12H2,1-2H3. The van der Waals surface area contributed by atoms with Crippen LogP contribution in [0.3, 0.4) is 0 Å². The minimum absolute atomic E-state index is 0.0180. The van der Waals surface area contributed by atoms with E-state index in [4.69, 9.17) is 14.0 Å². The molecule has 2 aliphatic rings. The number of carbonyl (C=O) groups is 1. The van der Waals surface area contributed by atoms with E-state index in [0.717, 1.165) is 12.8 Å². The number of aromatic nitrogens is 3. The summed E-state index contributed by atoms with van der Waals surface area (Å²) >= 11 is 0. The molecule has 0 aromatic carbocycles. The molecular weight excluding hydrogens is 348 g/mol. The molecule has 1 saturated heterocycles. The van der Waals surface area contributed by atoms with Crippen LogP contribution in [0.5, 0.6) is 5.88 Å². The first-order chi connectivity index (χ1) is 13.1. The highest BCUT2D eigenvalue weighted by molar-refractivity contribution is 5.94. The molecule has 4 rings (SSSR count). The van der Waals surface area contributed by atoms with Crippen molar-refractivity contribution in [3.8, 4) is 5.88 Å². The molecule has 1 spiro atoms. The molecule has 0 bridgehead atoms. The van der Waals surface area contributed by atoms with Gasteiger partial charge in [-0.3, -0.25) is 4.79 Å². The zero-order valence-electron chi connectivity index (χ0n) is 15.7. The number of ether oxygens (including phenoxy) is 2. The molecule has 3 heterocycles. The highest BCUT2D eigenvalue weighted by atomic mass is 16.5. The molecule has 2 fully saturated rings. The maximum absolute atomic E-state index is 13.0. The molecule has 0 N–H and O–H groups in total. The Labute approximate surface area is 157 Å². The van der Waals surface area contributed by atoms with Gasteiger partial charge in [0.25, 0.3) is 5.91 Å². The summed E-state index contributed by atoms with van der Waals surface area (Å²) < 4.78 is 15.7. The van der Waals surface area contributed by atoms with Crippen LogP contribution in [-0.2, 0) is 11.3 Å². The van der Waals surface area contributed by atoms with E-state index in [1.165, 1.54) is 12.8 Å². The molecule has 8 nitrogen and oxygen atoms in total. The lowest BCUT2D eigenvalue weighted by molar-refractivity contribution is 0.0772. The second kappa shape index (κ2) is 7.26. The van der Waals surface area contributed by atoms with Gasteiger partial charge in [0, 0.05) is 37.9 Å². The summed E-state index contributed by atoms with van der Waals surface area (Å²) in [6.45, 7) is 1.62. The molecular formula is C19H24N4O4. The van der Waals surface area contributed by atoms with Crippen molar-refractivity contribution in [2.75, 3.05) is 27.3 Å². The van der Waals surface area contributed by atoms with E-state index < -0.39 is 0 Å². The van der Waals surface area contributed by atoms with Crippen LogP contribution in [0, 0.1) is 5.41 Å². The number of rotatable bonds is 5. The monoisotopic (exact) mass is 372 g/mol. The van der Waals surface area contributed by atoms with Crippen LogP contribution in [0.4, 0.5) is 0 Å². The maximum atomic E-state index is 13.0. The molecule has 27 heavy (non-hydrogen) atoms. The second-order valence-corrected chi connectivity index (χ2v) is 7.38.